The first-order chi connectivity index (χ1) is 6.16. The van der Waals surface area contributed by atoms with Crippen LogP contribution in [0.15, 0.2) is 23.1 Å². The summed E-state index contributed by atoms with van der Waals surface area (Å²) in [5.41, 5.74) is 2.17. The highest BCUT2D eigenvalue weighted by Gasteiger charge is 2.17. The maximum atomic E-state index is 9.39. The number of aliphatic hydroxyl groups excluding tert-OH is 1. The fraction of sp³-hybridized carbons (Fsp3) is 0.400. The molecule has 0 radical (unpaired) electrons. The highest BCUT2D eigenvalue weighted by molar-refractivity contribution is 8.00. The Morgan fingerprint density at radius 3 is 3.00 bits per heavy atom. The maximum Gasteiger partial charge on any atom is 0.0762 e. The molecule has 0 spiro atoms. The van der Waals surface area contributed by atoms with Crippen LogP contribution in [-0.2, 0) is 0 Å². The summed E-state index contributed by atoms with van der Waals surface area (Å²) in [5, 5.41) is 13.2. The van der Waals surface area contributed by atoms with E-state index in [2.05, 4.69) is 18.3 Å². The van der Waals surface area contributed by atoms with Crippen molar-refractivity contribution < 1.29 is 5.11 Å². The van der Waals surface area contributed by atoms with E-state index in [9.17, 15) is 5.11 Å². The third-order valence-electron chi connectivity index (χ3n) is 2.15. The Bertz CT molecular complexity index is 325. The summed E-state index contributed by atoms with van der Waals surface area (Å²) in [6, 6.07) is 6.06. The molecule has 2 N–H and O–H groups in total. The average molecular weight is 195 g/mol. The maximum absolute atomic E-state index is 9.39. The average Bonchev–Trinajstić information content (AvgIpc) is 2.42. The van der Waals surface area contributed by atoms with Crippen molar-refractivity contribution in [3.63, 3.8) is 0 Å². The predicted molar refractivity (Wildman–Crippen MR) is 56.0 cm³/mol. The molecule has 1 heterocycles. The van der Waals surface area contributed by atoms with Gasteiger partial charge in [-0.25, -0.2) is 0 Å². The van der Waals surface area contributed by atoms with Gasteiger partial charge in [0, 0.05) is 10.6 Å². The molecule has 2 nitrogen and oxygen atoms in total. The Labute approximate surface area is 82.4 Å². The summed E-state index contributed by atoms with van der Waals surface area (Å²) < 4.78 is 0. The van der Waals surface area contributed by atoms with Gasteiger partial charge in [-0.1, -0.05) is 17.8 Å². The van der Waals surface area contributed by atoms with Gasteiger partial charge in [0.15, 0.2) is 0 Å². The summed E-state index contributed by atoms with van der Waals surface area (Å²) >= 11 is 1.80. The molecule has 2 atom stereocenters. The topological polar surface area (TPSA) is 32.3 Å². The number of benzene rings is 1. The summed E-state index contributed by atoms with van der Waals surface area (Å²) in [6.07, 6.45) is -0.373. The van der Waals surface area contributed by atoms with Crippen LogP contribution < -0.4 is 5.32 Å². The zero-order valence-electron chi connectivity index (χ0n) is 7.74. The molecule has 0 saturated carbocycles. The Morgan fingerprint density at radius 1 is 1.54 bits per heavy atom. The lowest BCUT2D eigenvalue weighted by Crippen LogP contribution is -2.02. The second-order valence-corrected chi connectivity index (χ2v) is 4.72. The van der Waals surface area contributed by atoms with E-state index in [-0.39, 0.29) is 6.10 Å². The number of anilines is 1. The first-order valence-corrected chi connectivity index (χ1v) is 5.30. The first-order valence-electron chi connectivity index (χ1n) is 4.42. The third kappa shape index (κ3) is 1.67. The van der Waals surface area contributed by atoms with Crippen LogP contribution in [-0.4, -0.2) is 10.5 Å². The van der Waals surface area contributed by atoms with E-state index < -0.39 is 0 Å². The van der Waals surface area contributed by atoms with Crippen LogP contribution >= 0.6 is 11.8 Å². The quantitative estimate of drug-likeness (QED) is 0.722. The Kier molecular flexibility index (Phi) is 2.22. The molecule has 0 bridgehead atoms. The highest BCUT2D eigenvalue weighted by Crippen LogP contribution is 2.39. The van der Waals surface area contributed by atoms with Crippen LogP contribution in [0.25, 0.3) is 0 Å². The van der Waals surface area contributed by atoms with E-state index >= 15 is 0 Å². The lowest BCUT2D eigenvalue weighted by atomic mass is 10.1. The van der Waals surface area contributed by atoms with Gasteiger partial charge < -0.3 is 10.4 Å². The van der Waals surface area contributed by atoms with Crippen molar-refractivity contribution in [2.45, 2.75) is 30.2 Å². The molecule has 13 heavy (non-hydrogen) atoms. The number of thioether (sulfide) groups is 1. The van der Waals surface area contributed by atoms with Crippen molar-refractivity contribution in [1.82, 2.24) is 0 Å². The number of rotatable bonds is 1. The standard InChI is InChI=1S/C10H13NOS/c1-6(12)8-3-4-9-10(5-8)13-7(2)11-9/h3-7,11-12H,1-2H3. The molecule has 0 amide bonds. The molecule has 1 aliphatic rings. The van der Waals surface area contributed by atoms with Crippen molar-refractivity contribution >= 4 is 17.4 Å². The minimum Gasteiger partial charge on any atom is -0.389 e. The van der Waals surface area contributed by atoms with Crippen molar-refractivity contribution in [2.24, 2.45) is 0 Å². The summed E-state index contributed by atoms with van der Waals surface area (Å²) in [7, 11) is 0. The number of aliphatic hydroxyl groups is 1. The van der Waals surface area contributed by atoms with Gasteiger partial charge in [-0.15, -0.1) is 0 Å². The number of nitrogens with one attached hydrogen (secondary N) is 1. The van der Waals surface area contributed by atoms with Gasteiger partial charge in [-0.2, -0.15) is 0 Å². The molecule has 0 fully saturated rings. The van der Waals surface area contributed by atoms with Gasteiger partial charge >= 0.3 is 0 Å². The molecule has 1 aromatic rings. The normalized spacial score (nSPS) is 22.2. The molecule has 0 saturated heterocycles. The van der Waals surface area contributed by atoms with Crippen LogP contribution in [0.5, 0.6) is 0 Å². The summed E-state index contributed by atoms with van der Waals surface area (Å²) in [4.78, 5) is 1.24. The third-order valence-corrected chi connectivity index (χ3v) is 3.21. The summed E-state index contributed by atoms with van der Waals surface area (Å²) in [6.45, 7) is 3.92. The Balaban J connectivity index is 2.35. The second kappa shape index (κ2) is 3.24. The molecule has 0 aliphatic carbocycles. The van der Waals surface area contributed by atoms with Gasteiger partial charge in [-0.05, 0) is 31.5 Å². The molecule has 1 aliphatic heterocycles. The molecular formula is C10H13NOS. The van der Waals surface area contributed by atoms with E-state index in [0.29, 0.717) is 5.37 Å². The van der Waals surface area contributed by atoms with E-state index in [1.807, 2.05) is 12.1 Å². The lowest BCUT2D eigenvalue weighted by Gasteiger charge is -2.05. The predicted octanol–water partition coefficient (Wildman–Crippen LogP) is 2.60. The SMILES string of the molecule is CC1Nc2ccc(C(C)O)cc2S1. The van der Waals surface area contributed by atoms with E-state index in [1.165, 1.54) is 10.6 Å². The zero-order chi connectivity index (χ0) is 9.42. The number of hydrogen-bond donors (Lipinski definition) is 2. The second-order valence-electron chi connectivity index (χ2n) is 3.34. The highest BCUT2D eigenvalue weighted by atomic mass is 32.2. The van der Waals surface area contributed by atoms with E-state index in [4.69, 9.17) is 0 Å². The van der Waals surface area contributed by atoms with Crippen LogP contribution in [0, 0.1) is 0 Å². The van der Waals surface area contributed by atoms with Gasteiger partial charge in [-0.3, -0.25) is 0 Å². The van der Waals surface area contributed by atoms with Gasteiger partial charge in [0.2, 0.25) is 0 Å². The molecule has 2 rings (SSSR count). The molecule has 0 aromatic heterocycles. The molecule has 2 unspecified atom stereocenters. The lowest BCUT2D eigenvalue weighted by molar-refractivity contribution is 0.199. The van der Waals surface area contributed by atoms with Crippen LogP contribution in [0.1, 0.15) is 25.5 Å². The van der Waals surface area contributed by atoms with Crippen molar-refractivity contribution in [3.8, 4) is 0 Å². The molecule has 70 valence electrons. The number of hydrogen-bond acceptors (Lipinski definition) is 3. The van der Waals surface area contributed by atoms with E-state index in [1.54, 1.807) is 18.7 Å². The van der Waals surface area contributed by atoms with E-state index in [0.717, 1.165) is 5.56 Å². The fourth-order valence-electron chi connectivity index (χ4n) is 1.45. The Hall–Kier alpha value is -0.670. The van der Waals surface area contributed by atoms with Crippen LogP contribution in [0.3, 0.4) is 0 Å². The fourth-order valence-corrected chi connectivity index (χ4v) is 2.48. The minimum atomic E-state index is -0.373. The largest absolute Gasteiger partial charge is 0.389 e. The zero-order valence-corrected chi connectivity index (χ0v) is 8.56. The number of fused-ring (bicyclic) bond motifs is 1. The monoisotopic (exact) mass is 195 g/mol. The van der Waals surface area contributed by atoms with Gasteiger partial charge in [0.25, 0.3) is 0 Å². The van der Waals surface area contributed by atoms with Crippen molar-refractivity contribution in [1.29, 1.82) is 0 Å². The molecule has 3 heteroatoms. The minimum absolute atomic E-state index is 0.373. The van der Waals surface area contributed by atoms with Gasteiger partial charge in [0.05, 0.1) is 11.5 Å². The first kappa shape index (κ1) is 8.91. The molecule has 1 aromatic carbocycles. The van der Waals surface area contributed by atoms with Crippen molar-refractivity contribution in [2.75, 3.05) is 5.32 Å². The van der Waals surface area contributed by atoms with Crippen LogP contribution in [0.2, 0.25) is 0 Å². The van der Waals surface area contributed by atoms with Crippen LogP contribution in [0.4, 0.5) is 5.69 Å². The summed E-state index contributed by atoms with van der Waals surface area (Å²) in [5.74, 6) is 0. The smallest absolute Gasteiger partial charge is 0.0762 e. The van der Waals surface area contributed by atoms with Gasteiger partial charge in [0.1, 0.15) is 0 Å². The molecular weight excluding hydrogens is 182 g/mol. The Morgan fingerprint density at radius 2 is 2.31 bits per heavy atom. The van der Waals surface area contributed by atoms with Crippen molar-refractivity contribution in [3.05, 3.63) is 23.8 Å².